The van der Waals surface area contributed by atoms with E-state index in [1.807, 2.05) is 54.9 Å². The lowest BCUT2D eigenvalue weighted by Gasteiger charge is -2.35. The monoisotopic (exact) mass is 562 g/mol. The van der Waals surface area contributed by atoms with Crippen LogP contribution in [0.2, 0.25) is 0 Å². The molecule has 3 amide bonds. The number of likely N-dealkylation sites (tertiary alicyclic amines) is 1. The number of thiazole rings is 1. The molecule has 0 bridgehead atoms. The number of anilines is 1. The molecular weight excluding hydrogens is 524 g/mol. The second kappa shape index (κ2) is 12.8. The van der Waals surface area contributed by atoms with Gasteiger partial charge in [0.25, 0.3) is 0 Å². The van der Waals surface area contributed by atoms with Gasteiger partial charge in [-0.1, -0.05) is 74.8 Å². The minimum absolute atomic E-state index is 0.0872. The number of hydrogen-bond donors (Lipinski definition) is 2. The van der Waals surface area contributed by atoms with E-state index in [1.165, 1.54) is 11.3 Å². The molecule has 2 N–H and O–H groups in total. The molecule has 1 aliphatic carbocycles. The van der Waals surface area contributed by atoms with E-state index >= 15 is 0 Å². The summed E-state index contributed by atoms with van der Waals surface area (Å²) in [7, 11) is 0. The summed E-state index contributed by atoms with van der Waals surface area (Å²) in [5.74, 6) is -0.505. The van der Waals surface area contributed by atoms with E-state index in [0.29, 0.717) is 35.2 Å². The third-order valence-electron chi connectivity index (χ3n) is 8.21. The van der Waals surface area contributed by atoms with Crippen LogP contribution in [0.1, 0.15) is 65.2 Å². The van der Waals surface area contributed by atoms with Crippen molar-refractivity contribution in [3.05, 3.63) is 49.1 Å². The smallest absolute Gasteiger partial charge is 0.247 e. The number of aromatic nitrogens is 3. The van der Waals surface area contributed by atoms with Crippen LogP contribution in [-0.2, 0) is 14.4 Å². The molecule has 5 rings (SSSR count). The van der Waals surface area contributed by atoms with Crippen molar-refractivity contribution in [1.29, 1.82) is 0 Å². The number of amides is 3. The average molecular weight is 563 g/mol. The Kier molecular flexibility index (Phi) is 8.94. The molecule has 10 heteroatoms. The molecule has 0 unspecified atom stereocenters. The molecule has 1 saturated carbocycles. The quantitative estimate of drug-likeness (QED) is 0.380. The summed E-state index contributed by atoms with van der Waals surface area (Å²) >= 11 is 1.37. The number of carbonyl (C=O) groups is 3. The Morgan fingerprint density at radius 2 is 1.85 bits per heavy atom. The standard InChI is InChI=1S/C30H38N6O3S/c1-3-20(2)26(37)32-25(22-13-8-5-9-14-22)29(39)36-17-10-15-23(36)27(38)34-28-24(21-11-6-4-7-12-21)33-30(40-28)35-18-16-31-19-35/h4,6-7,11-12,16,18-20,22-23,25H,3,5,8-10,13-15,17H2,1-2H3,(H,32,37)(H,34,38)/t20-,23+,25+/m1/s1. The minimum Gasteiger partial charge on any atom is -0.344 e. The van der Waals surface area contributed by atoms with Gasteiger partial charge in [-0.25, -0.2) is 9.97 Å². The molecule has 0 radical (unpaired) electrons. The van der Waals surface area contributed by atoms with Crippen LogP contribution in [0.4, 0.5) is 5.00 Å². The molecule has 3 heterocycles. The van der Waals surface area contributed by atoms with E-state index < -0.39 is 12.1 Å². The van der Waals surface area contributed by atoms with Crippen molar-refractivity contribution in [2.75, 3.05) is 11.9 Å². The second-order valence-electron chi connectivity index (χ2n) is 10.9. The van der Waals surface area contributed by atoms with Gasteiger partial charge in [-0.15, -0.1) is 0 Å². The molecule has 3 atom stereocenters. The molecule has 1 saturated heterocycles. The molecule has 2 fully saturated rings. The number of nitrogens with zero attached hydrogens (tertiary/aromatic N) is 4. The van der Waals surface area contributed by atoms with Crippen molar-refractivity contribution >= 4 is 34.1 Å². The summed E-state index contributed by atoms with van der Waals surface area (Å²) in [6.45, 7) is 4.37. The predicted octanol–water partition coefficient (Wildman–Crippen LogP) is 5.04. The van der Waals surface area contributed by atoms with Crippen molar-refractivity contribution in [3.8, 4) is 16.4 Å². The summed E-state index contributed by atoms with van der Waals surface area (Å²) in [5, 5.41) is 7.52. The maximum Gasteiger partial charge on any atom is 0.247 e. The number of benzene rings is 1. The fourth-order valence-electron chi connectivity index (χ4n) is 5.67. The lowest BCUT2D eigenvalue weighted by atomic mass is 9.83. The highest BCUT2D eigenvalue weighted by Gasteiger charge is 2.41. The van der Waals surface area contributed by atoms with Gasteiger partial charge in [0, 0.05) is 30.4 Å². The van der Waals surface area contributed by atoms with Gasteiger partial charge in [-0.3, -0.25) is 19.0 Å². The Bertz CT molecular complexity index is 1300. The van der Waals surface area contributed by atoms with E-state index in [0.717, 1.165) is 44.1 Å². The first-order chi connectivity index (χ1) is 19.5. The molecule has 40 heavy (non-hydrogen) atoms. The van der Waals surface area contributed by atoms with Gasteiger partial charge in [0.15, 0.2) is 5.13 Å². The van der Waals surface area contributed by atoms with Crippen LogP contribution < -0.4 is 10.6 Å². The fraction of sp³-hybridized carbons (Fsp3) is 0.500. The van der Waals surface area contributed by atoms with Gasteiger partial charge >= 0.3 is 0 Å². The zero-order chi connectivity index (χ0) is 28.1. The highest BCUT2D eigenvalue weighted by molar-refractivity contribution is 7.18. The summed E-state index contributed by atoms with van der Waals surface area (Å²) in [4.78, 5) is 51.3. The molecule has 2 aliphatic rings. The molecule has 212 valence electrons. The van der Waals surface area contributed by atoms with Crippen LogP contribution in [0.5, 0.6) is 0 Å². The summed E-state index contributed by atoms with van der Waals surface area (Å²) < 4.78 is 1.81. The Morgan fingerprint density at radius 1 is 1.07 bits per heavy atom. The summed E-state index contributed by atoms with van der Waals surface area (Å²) in [5.41, 5.74) is 1.57. The lowest BCUT2D eigenvalue weighted by molar-refractivity contribution is -0.142. The average Bonchev–Trinajstić information content (AvgIpc) is 3.77. The summed E-state index contributed by atoms with van der Waals surface area (Å²) in [6, 6.07) is 8.55. The first-order valence-corrected chi connectivity index (χ1v) is 15.2. The third kappa shape index (κ3) is 6.11. The fourth-order valence-corrected chi connectivity index (χ4v) is 6.62. The molecule has 2 aromatic heterocycles. The van der Waals surface area contributed by atoms with Crippen molar-refractivity contribution in [1.82, 2.24) is 24.8 Å². The number of nitrogens with one attached hydrogen (secondary N) is 2. The highest BCUT2D eigenvalue weighted by Crippen LogP contribution is 2.36. The van der Waals surface area contributed by atoms with Crippen LogP contribution >= 0.6 is 11.3 Å². The molecule has 3 aromatic rings. The van der Waals surface area contributed by atoms with Gasteiger partial charge in [-0.05, 0) is 38.0 Å². The van der Waals surface area contributed by atoms with Gasteiger partial charge in [0.2, 0.25) is 17.7 Å². The van der Waals surface area contributed by atoms with E-state index in [4.69, 9.17) is 4.98 Å². The van der Waals surface area contributed by atoms with Crippen molar-refractivity contribution < 1.29 is 14.4 Å². The van der Waals surface area contributed by atoms with Crippen LogP contribution in [0, 0.1) is 11.8 Å². The van der Waals surface area contributed by atoms with Crippen LogP contribution in [0.15, 0.2) is 49.1 Å². The maximum atomic E-state index is 14.0. The molecule has 1 aromatic carbocycles. The van der Waals surface area contributed by atoms with E-state index in [-0.39, 0.29) is 29.6 Å². The minimum atomic E-state index is -0.596. The molecule has 1 aliphatic heterocycles. The second-order valence-corrected chi connectivity index (χ2v) is 11.9. The first kappa shape index (κ1) is 28.0. The molecular formula is C30H38N6O3S. The number of rotatable bonds is 9. The zero-order valence-corrected chi connectivity index (χ0v) is 24.0. The zero-order valence-electron chi connectivity index (χ0n) is 23.2. The van der Waals surface area contributed by atoms with E-state index in [9.17, 15) is 14.4 Å². The van der Waals surface area contributed by atoms with E-state index in [1.54, 1.807) is 17.4 Å². The number of hydrogen-bond acceptors (Lipinski definition) is 6. The Hall–Kier alpha value is -3.53. The molecule has 9 nitrogen and oxygen atoms in total. The largest absolute Gasteiger partial charge is 0.344 e. The highest BCUT2D eigenvalue weighted by atomic mass is 32.1. The van der Waals surface area contributed by atoms with Gasteiger partial charge in [-0.2, -0.15) is 0 Å². The van der Waals surface area contributed by atoms with Gasteiger partial charge in [0.05, 0.1) is 0 Å². The predicted molar refractivity (Wildman–Crippen MR) is 156 cm³/mol. The Morgan fingerprint density at radius 3 is 2.55 bits per heavy atom. The van der Waals surface area contributed by atoms with Gasteiger partial charge in [0.1, 0.15) is 29.1 Å². The third-order valence-corrected chi connectivity index (χ3v) is 9.19. The Labute approximate surface area is 239 Å². The van der Waals surface area contributed by atoms with Crippen molar-refractivity contribution in [3.63, 3.8) is 0 Å². The van der Waals surface area contributed by atoms with Crippen molar-refractivity contribution in [2.24, 2.45) is 11.8 Å². The number of carbonyl (C=O) groups excluding carboxylic acids is 3. The topological polar surface area (TPSA) is 109 Å². The Balaban J connectivity index is 1.38. The SMILES string of the molecule is CC[C@@H](C)C(=O)N[C@H](C(=O)N1CCC[C@H]1C(=O)Nc1sc(-n2ccnc2)nc1-c1ccccc1)C1CCCCC1. The van der Waals surface area contributed by atoms with Gasteiger partial charge < -0.3 is 15.5 Å². The molecule has 0 spiro atoms. The summed E-state index contributed by atoms with van der Waals surface area (Å²) in [6.07, 6.45) is 12.3. The van der Waals surface area contributed by atoms with Crippen molar-refractivity contribution in [2.45, 2.75) is 77.3 Å². The van der Waals surface area contributed by atoms with E-state index in [2.05, 4.69) is 15.6 Å². The van der Waals surface area contributed by atoms with Crippen LogP contribution in [0.3, 0.4) is 0 Å². The van der Waals surface area contributed by atoms with Crippen LogP contribution in [0.25, 0.3) is 16.4 Å². The lowest BCUT2D eigenvalue weighted by Crippen LogP contribution is -2.56. The number of imidazole rings is 1. The normalized spacial score (nSPS) is 19.2. The van der Waals surface area contributed by atoms with Crippen LogP contribution in [-0.4, -0.2) is 55.8 Å². The maximum absolute atomic E-state index is 14.0. The first-order valence-electron chi connectivity index (χ1n) is 14.4.